The standard InChI is InChI=1S/C16H22BrN3/c1-3-20-14-7-6-12(17)9-13(14)19-15(20)16(18)8-4-5-11(2)10-16/h6-7,9,11H,3-5,8,10,18H2,1-2H3. The molecule has 20 heavy (non-hydrogen) atoms. The molecule has 2 aromatic rings. The zero-order valence-electron chi connectivity index (χ0n) is 12.2. The highest BCUT2D eigenvalue weighted by molar-refractivity contribution is 9.10. The van der Waals surface area contributed by atoms with E-state index < -0.39 is 0 Å². The maximum absolute atomic E-state index is 6.75. The van der Waals surface area contributed by atoms with Crippen LogP contribution in [0.4, 0.5) is 0 Å². The van der Waals surface area contributed by atoms with Gasteiger partial charge >= 0.3 is 0 Å². The Hall–Kier alpha value is -0.870. The molecule has 0 saturated heterocycles. The first kappa shape index (κ1) is 14.1. The minimum absolute atomic E-state index is 0.265. The van der Waals surface area contributed by atoms with Crippen LogP contribution in [0, 0.1) is 5.92 Å². The molecular weight excluding hydrogens is 314 g/mol. The van der Waals surface area contributed by atoms with Gasteiger partial charge in [-0.25, -0.2) is 4.98 Å². The highest BCUT2D eigenvalue weighted by atomic mass is 79.9. The summed E-state index contributed by atoms with van der Waals surface area (Å²) in [5, 5.41) is 0. The van der Waals surface area contributed by atoms with Gasteiger partial charge in [-0.2, -0.15) is 0 Å². The van der Waals surface area contributed by atoms with Crippen molar-refractivity contribution in [1.82, 2.24) is 9.55 Å². The molecule has 3 rings (SSSR count). The van der Waals surface area contributed by atoms with Crippen molar-refractivity contribution in [2.75, 3.05) is 0 Å². The molecule has 1 aliphatic carbocycles. The number of hydrogen-bond donors (Lipinski definition) is 1. The second-order valence-electron chi connectivity index (χ2n) is 6.17. The number of aryl methyl sites for hydroxylation is 1. The molecule has 1 heterocycles. The number of fused-ring (bicyclic) bond motifs is 1. The summed E-state index contributed by atoms with van der Waals surface area (Å²) in [6.07, 6.45) is 4.57. The summed E-state index contributed by atoms with van der Waals surface area (Å²) in [5.41, 5.74) is 8.72. The van der Waals surface area contributed by atoms with Crippen LogP contribution < -0.4 is 5.73 Å². The Balaban J connectivity index is 2.15. The number of nitrogens with two attached hydrogens (primary N) is 1. The van der Waals surface area contributed by atoms with E-state index in [1.54, 1.807) is 0 Å². The fourth-order valence-corrected chi connectivity index (χ4v) is 3.95. The topological polar surface area (TPSA) is 43.8 Å². The Morgan fingerprint density at radius 1 is 1.50 bits per heavy atom. The smallest absolute Gasteiger partial charge is 0.130 e. The van der Waals surface area contributed by atoms with Gasteiger partial charge in [0.25, 0.3) is 0 Å². The van der Waals surface area contributed by atoms with Gasteiger partial charge in [0.05, 0.1) is 16.6 Å². The van der Waals surface area contributed by atoms with Crippen LogP contribution in [0.1, 0.15) is 45.4 Å². The molecule has 1 aromatic heterocycles. The molecule has 0 aliphatic heterocycles. The molecule has 1 saturated carbocycles. The van der Waals surface area contributed by atoms with Gasteiger partial charge in [-0.15, -0.1) is 0 Å². The minimum atomic E-state index is -0.265. The fraction of sp³-hybridized carbons (Fsp3) is 0.562. The number of rotatable bonds is 2. The van der Waals surface area contributed by atoms with Crippen LogP contribution in [0.5, 0.6) is 0 Å². The molecule has 4 heteroatoms. The average molecular weight is 336 g/mol. The van der Waals surface area contributed by atoms with Gasteiger partial charge < -0.3 is 10.3 Å². The predicted octanol–water partition coefficient (Wildman–Crippen LogP) is 4.18. The summed E-state index contributed by atoms with van der Waals surface area (Å²) in [6.45, 7) is 5.39. The molecule has 1 aromatic carbocycles. The third kappa shape index (κ3) is 2.29. The normalized spacial score (nSPS) is 27.1. The van der Waals surface area contributed by atoms with Crippen LogP contribution >= 0.6 is 15.9 Å². The first-order valence-corrected chi connectivity index (χ1v) is 8.28. The number of aromatic nitrogens is 2. The maximum Gasteiger partial charge on any atom is 0.130 e. The molecule has 108 valence electrons. The zero-order chi connectivity index (χ0) is 14.3. The summed E-state index contributed by atoms with van der Waals surface area (Å²) >= 11 is 3.53. The molecule has 2 atom stereocenters. The van der Waals surface area contributed by atoms with Crippen molar-refractivity contribution in [1.29, 1.82) is 0 Å². The molecule has 2 unspecified atom stereocenters. The van der Waals surface area contributed by atoms with Gasteiger partial charge in [-0.1, -0.05) is 35.7 Å². The molecule has 0 bridgehead atoms. The lowest BCUT2D eigenvalue weighted by Crippen LogP contribution is -2.43. The lowest BCUT2D eigenvalue weighted by molar-refractivity contribution is 0.223. The van der Waals surface area contributed by atoms with Crippen LogP contribution in [0.25, 0.3) is 11.0 Å². The van der Waals surface area contributed by atoms with E-state index in [0.717, 1.165) is 35.2 Å². The number of halogens is 1. The third-order valence-electron chi connectivity index (χ3n) is 4.50. The van der Waals surface area contributed by atoms with Crippen molar-refractivity contribution in [3.8, 4) is 0 Å². The summed E-state index contributed by atoms with van der Waals surface area (Å²) in [6, 6.07) is 6.29. The number of benzene rings is 1. The quantitative estimate of drug-likeness (QED) is 0.894. The zero-order valence-corrected chi connectivity index (χ0v) is 13.8. The molecule has 0 amide bonds. The van der Waals surface area contributed by atoms with Crippen molar-refractivity contribution in [3.05, 3.63) is 28.5 Å². The van der Waals surface area contributed by atoms with E-state index in [0.29, 0.717) is 5.92 Å². The van der Waals surface area contributed by atoms with Gasteiger partial charge in [-0.3, -0.25) is 0 Å². The lowest BCUT2D eigenvalue weighted by Gasteiger charge is -2.36. The van der Waals surface area contributed by atoms with Crippen LogP contribution in [0.2, 0.25) is 0 Å². The van der Waals surface area contributed by atoms with Crippen LogP contribution in [-0.4, -0.2) is 9.55 Å². The summed E-state index contributed by atoms with van der Waals surface area (Å²) in [4.78, 5) is 4.88. The molecule has 3 nitrogen and oxygen atoms in total. The van der Waals surface area contributed by atoms with E-state index >= 15 is 0 Å². The fourth-order valence-electron chi connectivity index (χ4n) is 3.60. The lowest BCUT2D eigenvalue weighted by atomic mass is 9.76. The predicted molar refractivity (Wildman–Crippen MR) is 86.6 cm³/mol. The number of hydrogen-bond acceptors (Lipinski definition) is 2. The largest absolute Gasteiger partial charge is 0.327 e. The summed E-state index contributed by atoms with van der Waals surface area (Å²) < 4.78 is 3.36. The van der Waals surface area contributed by atoms with Crippen molar-refractivity contribution in [2.45, 2.75) is 51.6 Å². The van der Waals surface area contributed by atoms with Crippen molar-refractivity contribution < 1.29 is 0 Å². The van der Waals surface area contributed by atoms with Crippen LogP contribution in [-0.2, 0) is 12.1 Å². The van der Waals surface area contributed by atoms with Gasteiger partial charge in [-0.05, 0) is 43.9 Å². The highest BCUT2D eigenvalue weighted by Gasteiger charge is 2.36. The molecule has 2 N–H and O–H groups in total. The Kier molecular flexibility index (Phi) is 3.63. The van der Waals surface area contributed by atoms with Gasteiger partial charge in [0, 0.05) is 11.0 Å². The Morgan fingerprint density at radius 2 is 2.30 bits per heavy atom. The van der Waals surface area contributed by atoms with E-state index in [9.17, 15) is 0 Å². The van der Waals surface area contributed by atoms with E-state index in [2.05, 4.69) is 52.5 Å². The second-order valence-corrected chi connectivity index (χ2v) is 7.09. The van der Waals surface area contributed by atoms with E-state index in [-0.39, 0.29) is 5.54 Å². The number of nitrogens with zero attached hydrogens (tertiary/aromatic N) is 2. The Bertz CT molecular complexity index is 634. The van der Waals surface area contributed by atoms with E-state index in [4.69, 9.17) is 10.7 Å². The van der Waals surface area contributed by atoms with Gasteiger partial charge in [0.1, 0.15) is 5.82 Å². The molecule has 0 spiro atoms. The van der Waals surface area contributed by atoms with Gasteiger partial charge in [0.15, 0.2) is 0 Å². The Labute approximate surface area is 128 Å². The number of imidazole rings is 1. The summed E-state index contributed by atoms with van der Waals surface area (Å²) in [7, 11) is 0. The second kappa shape index (κ2) is 5.15. The Morgan fingerprint density at radius 3 is 3.00 bits per heavy atom. The monoisotopic (exact) mass is 335 g/mol. The molecular formula is C16H22BrN3. The summed E-state index contributed by atoms with van der Waals surface area (Å²) in [5.74, 6) is 1.75. The SMILES string of the molecule is CCn1c(C2(N)CCCC(C)C2)nc2cc(Br)ccc21. The third-order valence-corrected chi connectivity index (χ3v) is 5.00. The van der Waals surface area contributed by atoms with Crippen molar-refractivity contribution >= 4 is 27.0 Å². The van der Waals surface area contributed by atoms with Gasteiger partial charge in [0.2, 0.25) is 0 Å². The van der Waals surface area contributed by atoms with Crippen LogP contribution in [0.3, 0.4) is 0 Å². The first-order chi connectivity index (χ1) is 9.53. The van der Waals surface area contributed by atoms with E-state index in [1.807, 2.05) is 0 Å². The minimum Gasteiger partial charge on any atom is -0.327 e. The average Bonchev–Trinajstić information content (AvgIpc) is 2.76. The molecule has 0 radical (unpaired) electrons. The first-order valence-electron chi connectivity index (χ1n) is 7.48. The molecule has 1 fully saturated rings. The maximum atomic E-state index is 6.75. The van der Waals surface area contributed by atoms with Crippen molar-refractivity contribution in [3.63, 3.8) is 0 Å². The molecule has 1 aliphatic rings. The van der Waals surface area contributed by atoms with Crippen LogP contribution in [0.15, 0.2) is 22.7 Å². The highest BCUT2D eigenvalue weighted by Crippen LogP contribution is 2.38. The van der Waals surface area contributed by atoms with E-state index in [1.165, 1.54) is 18.4 Å². The van der Waals surface area contributed by atoms with Crippen molar-refractivity contribution in [2.24, 2.45) is 11.7 Å².